The van der Waals surface area contributed by atoms with E-state index in [1.165, 1.54) is 40.7 Å². The third-order valence-electron chi connectivity index (χ3n) is 4.26. The molecule has 2 aromatic rings. The standard InChI is InChI=1S/C18H19ClFN3O3S/c19-14-9-8-13(27(25,26)23-10-4-1-5-11-23)12-17(14)22-18(24)21-16-7-3-2-6-15(16)20/h2-3,6-9,12H,1,4-5,10-11H2,(H2,21,22,24). The molecule has 27 heavy (non-hydrogen) atoms. The number of benzene rings is 2. The fourth-order valence-electron chi connectivity index (χ4n) is 2.85. The van der Waals surface area contributed by atoms with Crippen LogP contribution in [0, 0.1) is 5.82 Å². The predicted molar refractivity (Wildman–Crippen MR) is 103 cm³/mol. The SMILES string of the molecule is O=C(Nc1ccccc1F)Nc1cc(S(=O)(=O)N2CCCCC2)ccc1Cl. The molecule has 2 amide bonds. The first-order chi connectivity index (χ1) is 12.9. The minimum absolute atomic E-state index is 0.00298. The van der Waals surface area contributed by atoms with Gasteiger partial charge in [-0.2, -0.15) is 4.31 Å². The Labute approximate surface area is 162 Å². The van der Waals surface area contributed by atoms with Gasteiger partial charge in [-0.05, 0) is 43.2 Å². The number of carbonyl (C=O) groups excluding carboxylic acids is 1. The molecule has 0 aromatic heterocycles. The Hall–Kier alpha value is -2.16. The van der Waals surface area contributed by atoms with Crippen molar-refractivity contribution in [3.63, 3.8) is 0 Å². The number of halogens is 2. The number of para-hydroxylation sites is 1. The topological polar surface area (TPSA) is 78.5 Å². The first-order valence-corrected chi connectivity index (χ1v) is 10.3. The summed E-state index contributed by atoms with van der Waals surface area (Å²) < 4.78 is 40.6. The molecule has 6 nitrogen and oxygen atoms in total. The Morgan fingerprint density at radius 1 is 1.00 bits per heavy atom. The second kappa shape index (κ2) is 8.24. The zero-order valence-corrected chi connectivity index (χ0v) is 16.0. The van der Waals surface area contributed by atoms with Gasteiger partial charge in [0.05, 0.1) is 21.3 Å². The summed E-state index contributed by atoms with van der Waals surface area (Å²) in [6.07, 6.45) is 2.65. The maximum atomic E-state index is 13.6. The highest BCUT2D eigenvalue weighted by molar-refractivity contribution is 7.89. The molecule has 1 fully saturated rings. The molecule has 2 N–H and O–H groups in total. The summed E-state index contributed by atoms with van der Waals surface area (Å²) in [6.45, 7) is 0.947. The molecule has 1 saturated heterocycles. The number of hydrogen-bond acceptors (Lipinski definition) is 3. The lowest BCUT2D eigenvalue weighted by atomic mass is 10.2. The molecule has 0 radical (unpaired) electrons. The number of urea groups is 1. The molecule has 0 saturated carbocycles. The van der Waals surface area contributed by atoms with Gasteiger partial charge in [0.2, 0.25) is 10.0 Å². The molecule has 0 spiro atoms. The van der Waals surface area contributed by atoms with E-state index in [9.17, 15) is 17.6 Å². The Morgan fingerprint density at radius 2 is 1.67 bits per heavy atom. The molecule has 1 aliphatic rings. The number of rotatable bonds is 4. The van der Waals surface area contributed by atoms with E-state index in [1.807, 2.05) is 0 Å². The van der Waals surface area contributed by atoms with Gasteiger partial charge >= 0.3 is 6.03 Å². The fourth-order valence-corrected chi connectivity index (χ4v) is 4.56. The first kappa shape index (κ1) is 19.6. The monoisotopic (exact) mass is 411 g/mol. The van der Waals surface area contributed by atoms with E-state index in [0.29, 0.717) is 13.1 Å². The molecule has 0 bridgehead atoms. The van der Waals surface area contributed by atoms with Gasteiger partial charge in [-0.15, -0.1) is 0 Å². The molecule has 0 unspecified atom stereocenters. The second-order valence-corrected chi connectivity index (χ2v) is 8.51. The average Bonchev–Trinajstić information content (AvgIpc) is 2.66. The van der Waals surface area contributed by atoms with Crippen LogP contribution in [0.25, 0.3) is 0 Å². The Balaban J connectivity index is 1.79. The summed E-state index contributed by atoms with van der Waals surface area (Å²) in [5.74, 6) is -0.583. The number of nitrogens with zero attached hydrogens (tertiary/aromatic N) is 1. The maximum Gasteiger partial charge on any atom is 0.323 e. The van der Waals surface area contributed by atoms with Crippen molar-refractivity contribution in [3.8, 4) is 0 Å². The van der Waals surface area contributed by atoms with Gasteiger partial charge in [0.1, 0.15) is 5.82 Å². The summed E-state index contributed by atoms with van der Waals surface area (Å²) >= 11 is 6.09. The minimum Gasteiger partial charge on any atom is -0.306 e. The van der Waals surface area contributed by atoms with Crippen LogP contribution in [-0.2, 0) is 10.0 Å². The Bertz CT molecular complexity index is 947. The molecular weight excluding hydrogens is 393 g/mol. The van der Waals surface area contributed by atoms with Crippen LogP contribution in [0.5, 0.6) is 0 Å². The van der Waals surface area contributed by atoms with Gasteiger partial charge in [0.25, 0.3) is 0 Å². The van der Waals surface area contributed by atoms with E-state index >= 15 is 0 Å². The van der Waals surface area contributed by atoms with Crippen LogP contribution in [-0.4, -0.2) is 31.8 Å². The van der Waals surface area contributed by atoms with Gasteiger partial charge in [0, 0.05) is 13.1 Å². The van der Waals surface area contributed by atoms with Crippen LogP contribution < -0.4 is 10.6 Å². The Kier molecular flexibility index (Phi) is 5.98. The molecular formula is C18H19ClFN3O3S. The van der Waals surface area contributed by atoms with E-state index in [2.05, 4.69) is 10.6 Å². The summed E-state index contributed by atoms with van der Waals surface area (Å²) in [5.41, 5.74) is 0.131. The van der Waals surface area contributed by atoms with Crippen molar-refractivity contribution in [3.05, 3.63) is 53.3 Å². The number of amides is 2. The molecule has 0 aliphatic carbocycles. The van der Waals surface area contributed by atoms with Crippen molar-refractivity contribution < 1.29 is 17.6 Å². The van der Waals surface area contributed by atoms with Crippen molar-refractivity contribution in [1.29, 1.82) is 0 Å². The molecule has 0 atom stereocenters. The molecule has 1 aliphatic heterocycles. The van der Waals surface area contributed by atoms with Gasteiger partial charge < -0.3 is 10.6 Å². The van der Waals surface area contributed by atoms with E-state index in [-0.39, 0.29) is 21.3 Å². The summed E-state index contributed by atoms with van der Waals surface area (Å²) in [7, 11) is -3.66. The van der Waals surface area contributed by atoms with E-state index in [0.717, 1.165) is 19.3 Å². The normalized spacial score (nSPS) is 15.3. The van der Waals surface area contributed by atoms with Crippen molar-refractivity contribution in [1.82, 2.24) is 4.31 Å². The van der Waals surface area contributed by atoms with Gasteiger partial charge in [-0.1, -0.05) is 30.2 Å². The number of hydrogen-bond donors (Lipinski definition) is 2. The maximum absolute atomic E-state index is 13.6. The zero-order valence-electron chi connectivity index (χ0n) is 14.4. The van der Waals surface area contributed by atoms with Crippen LogP contribution in [0.2, 0.25) is 5.02 Å². The van der Waals surface area contributed by atoms with Gasteiger partial charge in [-0.3, -0.25) is 0 Å². The predicted octanol–water partition coefficient (Wildman–Crippen LogP) is 4.30. The van der Waals surface area contributed by atoms with Crippen LogP contribution in [0.3, 0.4) is 0 Å². The van der Waals surface area contributed by atoms with Crippen molar-refractivity contribution in [2.75, 3.05) is 23.7 Å². The van der Waals surface area contributed by atoms with E-state index < -0.39 is 21.9 Å². The van der Waals surface area contributed by atoms with Crippen LogP contribution >= 0.6 is 11.6 Å². The third-order valence-corrected chi connectivity index (χ3v) is 6.49. The fraction of sp³-hybridized carbons (Fsp3) is 0.278. The second-order valence-electron chi connectivity index (χ2n) is 6.17. The van der Waals surface area contributed by atoms with Gasteiger partial charge in [0.15, 0.2) is 0 Å². The molecule has 9 heteroatoms. The number of anilines is 2. The summed E-state index contributed by atoms with van der Waals surface area (Å²) in [5, 5.41) is 5.01. The number of piperidine rings is 1. The highest BCUT2D eigenvalue weighted by atomic mass is 35.5. The lowest BCUT2D eigenvalue weighted by Crippen LogP contribution is -2.35. The van der Waals surface area contributed by atoms with Crippen molar-refractivity contribution in [2.24, 2.45) is 0 Å². The summed E-state index contributed by atoms with van der Waals surface area (Å²) in [4.78, 5) is 12.2. The third kappa shape index (κ3) is 4.58. The van der Waals surface area contributed by atoms with Crippen molar-refractivity contribution >= 4 is 39.0 Å². The van der Waals surface area contributed by atoms with E-state index in [4.69, 9.17) is 11.6 Å². The average molecular weight is 412 g/mol. The van der Waals surface area contributed by atoms with Crippen LogP contribution in [0.4, 0.5) is 20.6 Å². The lowest BCUT2D eigenvalue weighted by Gasteiger charge is -2.26. The Morgan fingerprint density at radius 3 is 2.37 bits per heavy atom. The quantitative estimate of drug-likeness (QED) is 0.787. The van der Waals surface area contributed by atoms with Crippen molar-refractivity contribution in [2.45, 2.75) is 24.2 Å². The number of sulfonamides is 1. The largest absolute Gasteiger partial charge is 0.323 e. The van der Waals surface area contributed by atoms with E-state index in [1.54, 1.807) is 6.07 Å². The minimum atomic E-state index is -3.66. The smallest absolute Gasteiger partial charge is 0.306 e. The highest BCUT2D eigenvalue weighted by Crippen LogP contribution is 2.28. The molecule has 144 valence electrons. The van der Waals surface area contributed by atoms with Crippen LogP contribution in [0.1, 0.15) is 19.3 Å². The summed E-state index contributed by atoms with van der Waals surface area (Å²) in [6, 6.07) is 9.12. The first-order valence-electron chi connectivity index (χ1n) is 8.50. The van der Waals surface area contributed by atoms with Crippen LogP contribution in [0.15, 0.2) is 47.4 Å². The number of carbonyl (C=O) groups is 1. The van der Waals surface area contributed by atoms with Gasteiger partial charge in [-0.25, -0.2) is 17.6 Å². The highest BCUT2D eigenvalue weighted by Gasteiger charge is 2.26. The molecule has 3 rings (SSSR count). The molecule has 1 heterocycles. The molecule has 2 aromatic carbocycles. The number of nitrogens with one attached hydrogen (secondary N) is 2. The zero-order chi connectivity index (χ0) is 19.4. The lowest BCUT2D eigenvalue weighted by molar-refractivity contribution is 0.262.